The monoisotopic (exact) mass is 314 g/mol. The third kappa shape index (κ3) is 3.44. The van der Waals surface area contributed by atoms with Crippen molar-refractivity contribution in [3.8, 4) is 0 Å². The van der Waals surface area contributed by atoms with E-state index in [1.165, 1.54) is 18.0 Å². The van der Waals surface area contributed by atoms with E-state index >= 15 is 0 Å². The number of nitrogens with one attached hydrogen (secondary N) is 1. The number of anilines is 1. The van der Waals surface area contributed by atoms with Gasteiger partial charge in [-0.1, -0.05) is 6.92 Å². The number of nitrogens with zero attached hydrogens (tertiary/aromatic N) is 3. The van der Waals surface area contributed by atoms with E-state index in [1.807, 2.05) is 0 Å². The van der Waals surface area contributed by atoms with Crippen LogP contribution in [0.15, 0.2) is 37.8 Å². The summed E-state index contributed by atoms with van der Waals surface area (Å²) >= 11 is 4.75. The quantitative estimate of drug-likeness (QED) is 0.855. The first-order valence-electron chi connectivity index (χ1n) is 5.13. The summed E-state index contributed by atoms with van der Waals surface area (Å²) in [6, 6.07) is 0. The summed E-state index contributed by atoms with van der Waals surface area (Å²) in [6.45, 7) is 2.94. The molecule has 0 amide bonds. The van der Waals surface area contributed by atoms with Crippen molar-refractivity contribution in [1.82, 2.24) is 15.0 Å². The fourth-order valence-corrected chi connectivity index (χ4v) is 2.19. The minimum absolute atomic E-state index is 0.561. The number of hydrogen-bond acceptors (Lipinski definition) is 6. The van der Waals surface area contributed by atoms with Crippen LogP contribution in [-0.2, 0) is 0 Å². The average molecular weight is 315 g/mol. The summed E-state index contributed by atoms with van der Waals surface area (Å²) in [7, 11) is 0. The summed E-state index contributed by atoms with van der Waals surface area (Å²) in [5.74, 6) is 0.615. The van der Waals surface area contributed by atoms with E-state index in [0.29, 0.717) is 11.2 Å². The minimum atomic E-state index is 0.561. The van der Waals surface area contributed by atoms with Crippen LogP contribution in [0.5, 0.6) is 0 Å². The van der Waals surface area contributed by atoms with E-state index in [4.69, 9.17) is 4.42 Å². The van der Waals surface area contributed by atoms with Crippen LogP contribution in [-0.4, -0.2) is 21.5 Å². The van der Waals surface area contributed by atoms with Gasteiger partial charge >= 0.3 is 0 Å². The van der Waals surface area contributed by atoms with Crippen LogP contribution < -0.4 is 5.32 Å². The molecule has 0 aliphatic carbocycles. The van der Waals surface area contributed by atoms with Crippen molar-refractivity contribution in [2.45, 2.75) is 23.6 Å². The normalized spacial score (nSPS) is 10.5. The maximum atomic E-state index is 5.16. The van der Waals surface area contributed by atoms with Crippen molar-refractivity contribution >= 4 is 33.6 Å². The van der Waals surface area contributed by atoms with Crippen LogP contribution in [0.2, 0.25) is 0 Å². The molecule has 0 bridgehead atoms. The predicted molar refractivity (Wildman–Crippen MR) is 69.1 cm³/mol. The lowest BCUT2D eigenvalue weighted by atomic mass is 10.5. The average Bonchev–Trinajstić information content (AvgIpc) is 2.83. The smallest absolute Gasteiger partial charge is 0.261 e. The second-order valence-corrected chi connectivity index (χ2v) is 4.97. The summed E-state index contributed by atoms with van der Waals surface area (Å²) < 4.78 is 5.99. The molecule has 0 fully saturated rings. The molecule has 0 aliphatic rings. The van der Waals surface area contributed by atoms with Gasteiger partial charge in [0.1, 0.15) is 11.3 Å². The van der Waals surface area contributed by atoms with Crippen molar-refractivity contribution in [2.24, 2.45) is 0 Å². The molecule has 0 unspecified atom stereocenters. The van der Waals surface area contributed by atoms with E-state index in [1.54, 1.807) is 12.4 Å². The van der Waals surface area contributed by atoms with Gasteiger partial charge in [-0.2, -0.15) is 0 Å². The van der Waals surface area contributed by atoms with Gasteiger partial charge in [0.05, 0.1) is 10.7 Å². The SMILES string of the molecule is CCCNc1ncc(Br)c(Sc2ncco2)n1. The largest absolute Gasteiger partial charge is 0.440 e. The van der Waals surface area contributed by atoms with E-state index in [0.717, 1.165) is 22.5 Å². The Labute approximate surface area is 112 Å². The molecule has 0 saturated heterocycles. The van der Waals surface area contributed by atoms with Crippen LogP contribution >= 0.6 is 27.7 Å². The lowest BCUT2D eigenvalue weighted by Gasteiger charge is -2.05. The molecule has 0 aliphatic heterocycles. The van der Waals surface area contributed by atoms with Gasteiger partial charge in [0.2, 0.25) is 5.95 Å². The van der Waals surface area contributed by atoms with Gasteiger partial charge in [0.25, 0.3) is 5.22 Å². The number of rotatable bonds is 5. The van der Waals surface area contributed by atoms with Crippen molar-refractivity contribution < 1.29 is 4.42 Å². The highest BCUT2D eigenvalue weighted by molar-refractivity contribution is 9.10. The Morgan fingerprint density at radius 2 is 2.35 bits per heavy atom. The lowest BCUT2D eigenvalue weighted by Crippen LogP contribution is -2.04. The molecule has 2 aromatic heterocycles. The van der Waals surface area contributed by atoms with Crippen molar-refractivity contribution in [2.75, 3.05) is 11.9 Å². The Morgan fingerprint density at radius 1 is 1.47 bits per heavy atom. The molecule has 2 heterocycles. The van der Waals surface area contributed by atoms with Gasteiger partial charge in [0, 0.05) is 12.7 Å². The Balaban J connectivity index is 2.14. The molecule has 0 saturated carbocycles. The first kappa shape index (κ1) is 12.4. The molecule has 0 atom stereocenters. The zero-order valence-electron chi connectivity index (χ0n) is 9.18. The van der Waals surface area contributed by atoms with Gasteiger partial charge in [-0.25, -0.2) is 15.0 Å². The van der Waals surface area contributed by atoms with Crippen LogP contribution in [0.4, 0.5) is 5.95 Å². The molecule has 90 valence electrons. The van der Waals surface area contributed by atoms with Gasteiger partial charge in [-0.15, -0.1) is 0 Å². The van der Waals surface area contributed by atoms with Crippen molar-refractivity contribution in [3.05, 3.63) is 23.1 Å². The molecular formula is C10H11BrN4OS. The molecule has 17 heavy (non-hydrogen) atoms. The lowest BCUT2D eigenvalue weighted by molar-refractivity contribution is 0.454. The number of hydrogen-bond donors (Lipinski definition) is 1. The second-order valence-electron chi connectivity index (χ2n) is 3.17. The Kier molecular flexibility index (Phi) is 4.38. The highest BCUT2D eigenvalue weighted by Gasteiger charge is 2.09. The van der Waals surface area contributed by atoms with Crippen molar-refractivity contribution in [1.29, 1.82) is 0 Å². The van der Waals surface area contributed by atoms with Crippen LogP contribution in [0.25, 0.3) is 0 Å². The molecule has 5 nitrogen and oxygen atoms in total. The summed E-state index contributed by atoms with van der Waals surface area (Å²) in [5.41, 5.74) is 0. The predicted octanol–water partition coefficient (Wildman–Crippen LogP) is 3.20. The van der Waals surface area contributed by atoms with E-state index < -0.39 is 0 Å². The molecule has 0 radical (unpaired) electrons. The summed E-state index contributed by atoms with van der Waals surface area (Å²) in [4.78, 5) is 12.6. The summed E-state index contributed by atoms with van der Waals surface area (Å²) in [5, 5.41) is 4.47. The molecule has 0 spiro atoms. The number of oxazole rings is 1. The van der Waals surface area contributed by atoms with E-state index in [9.17, 15) is 0 Å². The third-order valence-electron chi connectivity index (χ3n) is 1.84. The number of aromatic nitrogens is 3. The molecule has 1 N–H and O–H groups in total. The van der Waals surface area contributed by atoms with E-state index in [-0.39, 0.29) is 0 Å². The standard InChI is InChI=1S/C10H11BrN4OS/c1-2-3-12-9-14-6-7(11)8(15-9)17-10-13-4-5-16-10/h4-6H,2-3H2,1H3,(H,12,14,15). The second kappa shape index (κ2) is 6.02. The Bertz CT molecular complexity index is 477. The molecular weight excluding hydrogens is 304 g/mol. The Morgan fingerprint density at radius 3 is 3.06 bits per heavy atom. The fourth-order valence-electron chi connectivity index (χ4n) is 1.09. The first-order valence-corrected chi connectivity index (χ1v) is 6.74. The highest BCUT2D eigenvalue weighted by atomic mass is 79.9. The first-order chi connectivity index (χ1) is 8.29. The van der Waals surface area contributed by atoms with Gasteiger partial charge < -0.3 is 9.73 Å². The van der Waals surface area contributed by atoms with Gasteiger partial charge in [0.15, 0.2) is 0 Å². The zero-order valence-corrected chi connectivity index (χ0v) is 11.6. The van der Waals surface area contributed by atoms with Crippen molar-refractivity contribution in [3.63, 3.8) is 0 Å². The number of halogens is 1. The summed E-state index contributed by atoms with van der Waals surface area (Å²) in [6.07, 6.45) is 5.89. The van der Waals surface area contributed by atoms with E-state index in [2.05, 4.69) is 43.1 Å². The highest BCUT2D eigenvalue weighted by Crippen LogP contribution is 2.30. The molecule has 7 heteroatoms. The van der Waals surface area contributed by atoms with Crippen LogP contribution in [0.3, 0.4) is 0 Å². The molecule has 0 aromatic carbocycles. The third-order valence-corrected chi connectivity index (χ3v) is 3.56. The minimum Gasteiger partial charge on any atom is -0.440 e. The topological polar surface area (TPSA) is 63.8 Å². The molecule has 2 rings (SSSR count). The van der Waals surface area contributed by atoms with Crippen LogP contribution in [0, 0.1) is 0 Å². The van der Waals surface area contributed by atoms with Crippen LogP contribution in [0.1, 0.15) is 13.3 Å². The fraction of sp³-hybridized carbons (Fsp3) is 0.300. The Hall–Kier alpha value is -1.08. The van der Waals surface area contributed by atoms with Gasteiger partial charge in [-0.05, 0) is 34.1 Å². The molecule has 2 aromatic rings. The maximum absolute atomic E-state index is 5.16. The van der Waals surface area contributed by atoms with Gasteiger partial charge in [-0.3, -0.25) is 0 Å². The maximum Gasteiger partial charge on any atom is 0.261 e. The zero-order chi connectivity index (χ0) is 12.1.